The van der Waals surface area contributed by atoms with Crippen LogP contribution in [-0.4, -0.2) is 38.0 Å². The molecule has 4 nitrogen and oxygen atoms in total. The Hall–Kier alpha value is -0.160. The molecule has 0 N–H and O–H groups in total. The maximum atomic E-state index is 6.27. The summed E-state index contributed by atoms with van der Waals surface area (Å²) in [6, 6.07) is 0. The molecule has 0 amide bonds. The molecule has 0 rings (SSSR count). The van der Waals surface area contributed by atoms with E-state index in [0.29, 0.717) is 26.4 Å². The Morgan fingerprint density at radius 3 is 1.32 bits per heavy atom. The highest BCUT2D eigenvalue weighted by atomic mass is 16.7. The number of hydrogen-bond donors (Lipinski definition) is 0. The number of rotatable bonds is 24. The smallest absolute Gasteiger partial charge is 0.168 e. The van der Waals surface area contributed by atoms with Crippen molar-refractivity contribution in [3.63, 3.8) is 0 Å². The minimum absolute atomic E-state index is 0.526. The summed E-state index contributed by atoms with van der Waals surface area (Å²) in [4.78, 5) is 0. The second-order valence-electron chi connectivity index (χ2n) is 8.51. The molecule has 0 bridgehead atoms. The largest absolute Gasteiger partial charge is 0.350 e. The van der Waals surface area contributed by atoms with Crippen LogP contribution in [0, 0.1) is 6.42 Å². The summed E-state index contributed by atoms with van der Waals surface area (Å²) in [5.41, 5.74) is 0. The number of ether oxygens (including phenoxy) is 4. The van der Waals surface area contributed by atoms with E-state index in [9.17, 15) is 0 Å². The lowest BCUT2D eigenvalue weighted by Gasteiger charge is -2.39. The zero-order valence-electron chi connectivity index (χ0n) is 21.9. The molecule has 187 valence electrons. The van der Waals surface area contributed by atoms with E-state index in [0.717, 1.165) is 51.4 Å². The molecule has 0 fully saturated rings. The molecule has 1 radical (unpaired) electrons. The summed E-state index contributed by atoms with van der Waals surface area (Å²) in [7, 11) is 0. The summed E-state index contributed by atoms with van der Waals surface area (Å²) in [5, 5.41) is 0. The summed E-state index contributed by atoms with van der Waals surface area (Å²) in [6.07, 6.45) is 18.2. The van der Waals surface area contributed by atoms with Gasteiger partial charge in [-0.1, -0.05) is 58.8 Å². The van der Waals surface area contributed by atoms with Crippen LogP contribution in [0.3, 0.4) is 0 Å². The molecule has 0 aromatic carbocycles. The van der Waals surface area contributed by atoms with E-state index >= 15 is 0 Å². The van der Waals surface area contributed by atoms with Crippen LogP contribution in [0.15, 0.2) is 0 Å². The molecule has 0 unspecified atom stereocenters. The van der Waals surface area contributed by atoms with Crippen LogP contribution < -0.4 is 0 Å². The second kappa shape index (κ2) is 20.4. The summed E-state index contributed by atoms with van der Waals surface area (Å²) >= 11 is 0. The van der Waals surface area contributed by atoms with Gasteiger partial charge in [-0.25, -0.2) is 0 Å². The topological polar surface area (TPSA) is 36.9 Å². The van der Waals surface area contributed by atoms with Crippen LogP contribution in [-0.2, 0) is 18.9 Å². The lowest BCUT2D eigenvalue weighted by atomic mass is 9.94. The quantitative estimate of drug-likeness (QED) is 0.111. The number of unbranched alkanes of at least 4 members (excludes halogenated alkanes) is 9. The van der Waals surface area contributed by atoms with Crippen molar-refractivity contribution in [2.24, 2.45) is 0 Å². The summed E-state index contributed by atoms with van der Waals surface area (Å²) < 4.78 is 25.0. The Kier molecular flexibility index (Phi) is 20.3. The van der Waals surface area contributed by atoms with Crippen molar-refractivity contribution in [2.75, 3.05) is 26.4 Å². The fraction of sp³-hybridized carbons (Fsp3) is 0.963. The van der Waals surface area contributed by atoms with Gasteiger partial charge in [0.05, 0.1) is 0 Å². The van der Waals surface area contributed by atoms with E-state index < -0.39 is 11.6 Å². The van der Waals surface area contributed by atoms with Gasteiger partial charge in [-0.2, -0.15) is 0 Å². The fourth-order valence-electron chi connectivity index (χ4n) is 4.42. The molecule has 0 aliphatic heterocycles. The van der Waals surface area contributed by atoms with E-state index in [2.05, 4.69) is 48.0 Å². The third-order valence-electron chi connectivity index (χ3n) is 5.93. The van der Waals surface area contributed by atoms with Gasteiger partial charge in [-0.3, -0.25) is 0 Å². The van der Waals surface area contributed by atoms with Gasteiger partial charge in [0.2, 0.25) is 0 Å². The zero-order valence-corrected chi connectivity index (χ0v) is 21.9. The molecule has 0 saturated heterocycles. The van der Waals surface area contributed by atoms with Gasteiger partial charge in [0.1, 0.15) is 0 Å². The molecule has 0 atom stereocenters. The predicted octanol–water partition coefficient (Wildman–Crippen LogP) is 8.23. The first-order valence-corrected chi connectivity index (χ1v) is 13.4. The normalized spacial score (nSPS) is 12.6. The van der Waals surface area contributed by atoms with Gasteiger partial charge >= 0.3 is 0 Å². The van der Waals surface area contributed by atoms with E-state index in [1.807, 2.05) is 0 Å². The van der Waals surface area contributed by atoms with Crippen LogP contribution in [0.5, 0.6) is 0 Å². The maximum Gasteiger partial charge on any atom is 0.168 e. The highest BCUT2D eigenvalue weighted by Gasteiger charge is 2.38. The lowest BCUT2D eigenvalue weighted by molar-refractivity contribution is -0.277. The highest BCUT2D eigenvalue weighted by Crippen LogP contribution is 2.35. The van der Waals surface area contributed by atoms with E-state index in [-0.39, 0.29) is 0 Å². The van der Waals surface area contributed by atoms with Gasteiger partial charge in [0.15, 0.2) is 11.6 Å². The van der Waals surface area contributed by atoms with E-state index in [1.165, 1.54) is 38.5 Å². The minimum Gasteiger partial charge on any atom is -0.350 e. The van der Waals surface area contributed by atoms with Gasteiger partial charge in [0, 0.05) is 52.1 Å². The van der Waals surface area contributed by atoms with Gasteiger partial charge in [-0.05, 0) is 53.4 Å². The minimum atomic E-state index is -0.537. The van der Waals surface area contributed by atoms with Crippen molar-refractivity contribution in [3.05, 3.63) is 6.42 Å². The number of hydrogen-bond acceptors (Lipinski definition) is 4. The molecule has 4 heteroatoms. The molecule has 0 aliphatic carbocycles. The van der Waals surface area contributed by atoms with Crippen LogP contribution in [0.4, 0.5) is 0 Å². The monoisotopic (exact) mass is 443 g/mol. The Labute approximate surface area is 195 Å². The molecule has 0 saturated carbocycles. The standard InChI is InChI=1S/C27H55O4/c1-7-13-15-17-18-19-21-23-27(30-11-5,31-12-6)25-24-26(28-9-3,29-10-4)22-20-16-14-8-2/h14H,7-13,15-25H2,1-6H3. The second-order valence-corrected chi connectivity index (χ2v) is 8.51. The fourth-order valence-corrected chi connectivity index (χ4v) is 4.42. The molecule has 0 spiro atoms. The lowest BCUT2D eigenvalue weighted by Crippen LogP contribution is -2.42. The van der Waals surface area contributed by atoms with Gasteiger partial charge < -0.3 is 18.9 Å². The Bertz CT molecular complexity index is 360. The Balaban J connectivity index is 5.02. The van der Waals surface area contributed by atoms with E-state index in [1.54, 1.807) is 0 Å². The van der Waals surface area contributed by atoms with Crippen LogP contribution in [0.25, 0.3) is 0 Å². The van der Waals surface area contributed by atoms with Crippen molar-refractivity contribution in [3.8, 4) is 0 Å². The van der Waals surface area contributed by atoms with Crippen LogP contribution in [0.1, 0.15) is 131 Å². The van der Waals surface area contributed by atoms with Crippen molar-refractivity contribution < 1.29 is 18.9 Å². The van der Waals surface area contributed by atoms with Crippen LogP contribution in [0.2, 0.25) is 0 Å². The molecule has 0 aliphatic rings. The molecule has 0 aromatic heterocycles. The average molecular weight is 444 g/mol. The maximum absolute atomic E-state index is 6.27. The predicted molar refractivity (Wildman–Crippen MR) is 132 cm³/mol. The molecular formula is C27H55O4. The third kappa shape index (κ3) is 14.6. The van der Waals surface area contributed by atoms with Crippen LogP contribution >= 0.6 is 0 Å². The van der Waals surface area contributed by atoms with Crippen molar-refractivity contribution in [1.29, 1.82) is 0 Å². The summed E-state index contributed by atoms with van der Waals surface area (Å²) in [5.74, 6) is -1.06. The Morgan fingerprint density at radius 1 is 0.484 bits per heavy atom. The van der Waals surface area contributed by atoms with Crippen molar-refractivity contribution in [2.45, 2.75) is 143 Å². The SMILES string of the molecule is CC[CH]CCCC(CCC(CCCCCCCCC)(OCC)OCC)(OCC)OCC. The third-order valence-corrected chi connectivity index (χ3v) is 5.93. The molecule has 31 heavy (non-hydrogen) atoms. The average Bonchev–Trinajstić information content (AvgIpc) is 2.75. The highest BCUT2D eigenvalue weighted by molar-refractivity contribution is 4.79. The molecule has 0 heterocycles. The zero-order chi connectivity index (χ0) is 23.3. The molecule has 0 aromatic rings. The Morgan fingerprint density at radius 2 is 0.903 bits per heavy atom. The first kappa shape index (κ1) is 30.8. The summed E-state index contributed by atoms with van der Waals surface area (Å²) in [6.45, 7) is 15.4. The first-order valence-electron chi connectivity index (χ1n) is 13.4. The van der Waals surface area contributed by atoms with Crippen molar-refractivity contribution >= 4 is 0 Å². The molecular weight excluding hydrogens is 388 g/mol. The van der Waals surface area contributed by atoms with Crippen molar-refractivity contribution in [1.82, 2.24) is 0 Å². The van der Waals surface area contributed by atoms with Gasteiger partial charge in [-0.15, -0.1) is 0 Å². The van der Waals surface area contributed by atoms with Gasteiger partial charge in [0.25, 0.3) is 0 Å². The van der Waals surface area contributed by atoms with E-state index in [4.69, 9.17) is 18.9 Å². The first-order chi connectivity index (χ1) is 15.1.